The van der Waals surface area contributed by atoms with E-state index in [9.17, 15) is 9.18 Å². The fourth-order valence-corrected chi connectivity index (χ4v) is 2.76. The third-order valence-electron chi connectivity index (χ3n) is 3.93. The van der Waals surface area contributed by atoms with Gasteiger partial charge in [-0.05, 0) is 24.6 Å². The average molecular weight is 355 g/mol. The van der Waals surface area contributed by atoms with Crippen molar-refractivity contribution in [3.05, 3.63) is 41.6 Å². The summed E-state index contributed by atoms with van der Waals surface area (Å²) in [5.74, 6) is 5.35. The summed E-state index contributed by atoms with van der Waals surface area (Å²) in [5.41, 5.74) is 0.971. The molecule has 124 valence electrons. The van der Waals surface area contributed by atoms with E-state index in [1.165, 1.54) is 0 Å². The van der Waals surface area contributed by atoms with Crippen LogP contribution in [0.1, 0.15) is 31.4 Å². The minimum Gasteiger partial charge on any atom is -0.372 e. The van der Waals surface area contributed by atoms with Crippen molar-refractivity contribution < 1.29 is 65.3 Å². The molecule has 1 saturated heterocycles. The molecule has 0 spiro atoms. The Morgan fingerprint density at radius 2 is 2.25 bits per heavy atom. The second-order valence-electron chi connectivity index (χ2n) is 6.00. The summed E-state index contributed by atoms with van der Waals surface area (Å²) >= 11 is 0. The number of halogens is 1. The predicted octanol–water partition coefficient (Wildman–Crippen LogP) is -0.169. The van der Waals surface area contributed by atoms with E-state index in [0.717, 1.165) is 13.0 Å². The zero-order valence-electron chi connectivity index (χ0n) is 14.9. The molecule has 0 radical (unpaired) electrons. The van der Waals surface area contributed by atoms with Gasteiger partial charge in [0.25, 0.3) is 0 Å². The molecule has 1 aromatic rings. The molecule has 0 N–H and O–H groups in total. The van der Waals surface area contributed by atoms with Crippen molar-refractivity contribution >= 4 is 5.91 Å². The number of benzene rings is 1. The molecule has 1 heterocycles. The molecular formula is C19H23FKNO2. The predicted molar refractivity (Wildman–Crippen MR) is 88.1 cm³/mol. The standard InChI is InChI=1S/C19H23FNO2.K/c1-14(2)19(22)21-11-5-10-17(21)13-16-8-4-7-15(18(16)20)9-6-12-23-3;/h4,7-8,10,14,17H,5,11-13H2,1-3H3;/q-1;+1. The molecule has 1 fully saturated rings. The van der Waals surface area contributed by atoms with E-state index in [1.807, 2.05) is 18.7 Å². The smallest absolute Gasteiger partial charge is 0.372 e. The Hall–Kier alpha value is -0.224. The number of carbonyl (C=O) groups excluding carboxylic acids is 1. The van der Waals surface area contributed by atoms with Gasteiger partial charge in [-0.25, -0.2) is 4.39 Å². The van der Waals surface area contributed by atoms with Crippen molar-refractivity contribution in [1.82, 2.24) is 4.90 Å². The van der Waals surface area contributed by atoms with Crippen LogP contribution >= 0.6 is 0 Å². The van der Waals surface area contributed by atoms with Crippen LogP contribution in [0.4, 0.5) is 4.39 Å². The fourth-order valence-electron chi connectivity index (χ4n) is 2.76. The average Bonchev–Trinajstić information content (AvgIpc) is 2.98. The van der Waals surface area contributed by atoms with Gasteiger partial charge in [0.2, 0.25) is 5.91 Å². The van der Waals surface area contributed by atoms with E-state index >= 15 is 0 Å². The van der Waals surface area contributed by atoms with Crippen LogP contribution in [-0.4, -0.2) is 37.1 Å². The fraction of sp³-hybridized carbons (Fsp3) is 0.474. The van der Waals surface area contributed by atoms with Gasteiger partial charge < -0.3 is 16.1 Å². The van der Waals surface area contributed by atoms with Crippen molar-refractivity contribution in [3.8, 4) is 11.8 Å². The van der Waals surface area contributed by atoms with Crippen molar-refractivity contribution in [3.63, 3.8) is 0 Å². The van der Waals surface area contributed by atoms with Crippen LogP contribution in [-0.2, 0) is 16.0 Å². The first-order valence-corrected chi connectivity index (χ1v) is 7.93. The second kappa shape index (κ2) is 10.7. The van der Waals surface area contributed by atoms with Crippen LogP contribution in [0.25, 0.3) is 0 Å². The minimum absolute atomic E-state index is 0. The number of nitrogens with zero attached hydrogens (tertiary/aromatic N) is 1. The van der Waals surface area contributed by atoms with E-state index in [4.69, 9.17) is 4.74 Å². The van der Waals surface area contributed by atoms with Gasteiger partial charge in [0.15, 0.2) is 0 Å². The molecule has 1 aliphatic rings. The van der Waals surface area contributed by atoms with Gasteiger partial charge in [-0.1, -0.05) is 43.9 Å². The first-order chi connectivity index (χ1) is 11.0. The van der Waals surface area contributed by atoms with Crippen molar-refractivity contribution in [2.75, 3.05) is 20.3 Å². The summed E-state index contributed by atoms with van der Waals surface area (Å²) in [4.78, 5) is 14.1. The molecule has 0 aliphatic carbocycles. The molecular weight excluding hydrogens is 332 g/mol. The topological polar surface area (TPSA) is 29.5 Å². The Labute approximate surface area is 186 Å². The molecule has 1 amide bonds. The first-order valence-electron chi connectivity index (χ1n) is 7.93. The monoisotopic (exact) mass is 355 g/mol. The maximum absolute atomic E-state index is 14.6. The summed E-state index contributed by atoms with van der Waals surface area (Å²) < 4.78 is 19.4. The number of hydrogen-bond acceptors (Lipinski definition) is 2. The summed E-state index contributed by atoms with van der Waals surface area (Å²) in [6, 6.07) is 5.19. The van der Waals surface area contributed by atoms with Gasteiger partial charge >= 0.3 is 51.4 Å². The van der Waals surface area contributed by atoms with E-state index in [1.54, 1.807) is 25.3 Å². The Morgan fingerprint density at radius 3 is 2.92 bits per heavy atom. The second-order valence-corrected chi connectivity index (χ2v) is 6.00. The van der Waals surface area contributed by atoms with Crippen LogP contribution in [0.2, 0.25) is 0 Å². The van der Waals surface area contributed by atoms with E-state index in [0.29, 0.717) is 17.5 Å². The van der Waals surface area contributed by atoms with Crippen LogP contribution in [0.5, 0.6) is 0 Å². The first kappa shape index (κ1) is 21.8. The number of likely N-dealkylation sites (tertiary alicyclic amines) is 1. The SMILES string of the molecule is COCC#Cc1cccc(CC2[CH-]CCN2C(=O)C(C)C)c1F.[K+]. The van der Waals surface area contributed by atoms with Crippen molar-refractivity contribution in [2.24, 2.45) is 5.92 Å². The van der Waals surface area contributed by atoms with Gasteiger partial charge in [-0.3, -0.25) is 4.79 Å². The minimum atomic E-state index is -0.298. The third kappa shape index (κ3) is 5.65. The largest absolute Gasteiger partial charge is 1.00 e. The van der Waals surface area contributed by atoms with Crippen molar-refractivity contribution in [1.29, 1.82) is 0 Å². The zero-order valence-corrected chi connectivity index (χ0v) is 18.1. The van der Waals surface area contributed by atoms with Crippen molar-refractivity contribution in [2.45, 2.75) is 32.7 Å². The molecule has 0 saturated carbocycles. The number of methoxy groups -OCH3 is 1. The molecule has 0 aromatic heterocycles. The summed E-state index contributed by atoms with van der Waals surface area (Å²) in [5, 5.41) is 0. The van der Waals surface area contributed by atoms with Crippen LogP contribution in [0.15, 0.2) is 18.2 Å². The van der Waals surface area contributed by atoms with Gasteiger partial charge in [-0.15, -0.1) is 0 Å². The molecule has 1 aromatic carbocycles. The summed E-state index contributed by atoms with van der Waals surface area (Å²) in [6.07, 6.45) is 3.45. The van der Waals surface area contributed by atoms with Crippen LogP contribution in [0.3, 0.4) is 0 Å². The molecule has 1 atom stereocenters. The van der Waals surface area contributed by atoms with Crippen LogP contribution in [0, 0.1) is 30.0 Å². The molecule has 1 unspecified atom stereocenters. The van der Waals surface area contributed by atoms with Gasteiger partial charge in [0.05, 0.1) is 5.56 Å². The van der Waals surface area contributed by atoms with E-state index in [2.05, 4.69) is 18.3 Å². The number of ether oxygens (including phenoxy) is 1. The number of rotatable bonds is 4. The Kier molecular flexibility index (Phi) is 9.72. The number of carbonyl (C=O) groups is 1. The third-order valence-corrected chi connectivity index (χ3v) is 3.93. The van der Waals surface area contributed by atoms with Crippen LogP contribution < -0.4 is 51.4 Å². The maximum atomic E-state index is 14.6. The number of hydrogen-bond donors (Lipinski definition) is 0. The van der Waals surface area contributed by atoms with E-state index in [-0.39, 0.29) is 81.7 Å². The Morgan fingerprint density at radius 1 is 1.50 bits per heavy atom. The Balaban J connectivity index is 0.00000288. The quantitative estimate of drug-likeness (QED) is 0.426. The molecule has 2 rings (SSSR count). The molecule has 24 heavy (non-hydrogen) atoms. The van der Waals surface area contributed by atoms with Gasteiger partial charge in [0.1, 0.15) is 12.4 Å². The number of amides is 1. The summed E-state index contributed by atoms with van der Waals surface area (Å²) in [7, 11) is 1.55. The molecule has 1 aliphatic heterocycles. The zero-order chi connectivity index (χ0) is 16.8. The maximum Gasteiger partial charge on any atom is 1.00 e. The molecule has 3 nitrogen and oxygen atoms in total. The summed E-state index contributed by atoms with van der Waals surface area (Å²) in [6.45, 7) is 4.78. The van der Waals surface area contributed by atoms with E-state index < -0.39 is 0 Å². The van der Waals surface area contributed by atoms with Gasteiger partial charge in [-0.2, -0.15) is 6.42 Å². The molecule has 0 bridgehead atoms. The van der Waals surface area contributed by atoms with Gasteiger partial charge in [0, 0.05) is 13.0 Å². The normalized spacial score (nSPS) is 16.5. The molecule has 5 heteroatoms. The Bertz CT molecular complexity index is 622.